The maximum atomic E-state index is 12.8. The normalized spacial score (nSPS) is 20.2. The number of carbonyl (C=O) groups excluding carboxylic acids is 1. The van der Waals surface area contributed by atoms with Crippen molar-refractivity contribution in [3.05, 3.63) is 28.6 Å². The van der Waals surface area contributed by atoms with E-state index in [4.69, 9.17) is 4.98 Å². The molecule has 0 aliphatic carbocycles. The molecule has 4 rings (SSSR count). The summed E-state index contributed by atoms with van der Waals surface area (Å²) < 4.78 is 0. The average molecular weight is 390 g/mol. The fourth-order valence-electron chi connectivity index (χ4n) is 4.01. The molecule has 0 aromatic carbocycles. The van der Waals surface area contributed by atoms with Crippen molar-refractivity contribution < 1.29 is 4.79 Å². The number of piperidine rings is 1. The van der Waals surface area contributed by atoms with Gasteiger partial charge in [0.1, 0.15) is 5.01 Å². The van der Waals surface area contributed by atoms with Crippen LogP contribution >= 0.6 is 22.7 Å². The van der Waals surface area contributed by atoms with Crippen molar-refractivity contribution >= 4 is 28.6 Å². The maximum absolute atomic E-state index is 12.8. The molecule has 4 nitrogen and oxygen atoms in total. The number of hydrogen-bond acceptors (Lipinski definition) is 5. The van der Waals surface area contributed by atoms with Crippen molar-refractivity contribution in [1.29, 1.82) is 0 Å². The summed E-state index contributed by atoms with van der Waals surface area (Å²) in [6, 6.07) is 4.21. The summed E-state index contributed by atoms with van der Waals surface area (Å²) in [4.78, 5) is 23.5. The Hall–Kier alpha value is -1.24. The standard InChI is InChI=1S/C20H27N3OS2/c24-20(23-9-3-1-2-4-10-23)16-7-11-22(12-8-16)14-17-15-26-19(21-17)18-6-5-13-25-18/h5-6,13,15-16H,1-4,7-12,14H2. The molecular weight excluding hydrogens is 362 g/mol. The highest BCUT2D eigenvalue weighted by molar-refractivity contribution is 7.20. The van der Waals surface area contributed by atoms with E-state index in [1.54, 1.807) is 22.7 Å². The maximum Gasteiger partial charge on any atom is 0.225 e. The van der Waals surface area contributed by atoms with E-state index >= 15 is 0 Å². The summed E-state index contributed by atoms with van der Waals surface area (Å²) in [5.74, 6) is 0.654. The van der Waals surface area contributed by atoms with Crippen molar-refractivity contribution in [2.24, 2.45) is 5.92 Å². The second-order valence-electron chi connectivity index (χ2n) is 7.41. The van der Waals surface area contributed by atoms with Gasteiger partial charge in [-0.25, -0.2) is 4.98 Å². The number of amides is 1. The Morgan fingerprint density at radius 2 is 1.85 bits per heavy atom. The van der Waals surface area contributed by atoms with Crippen LogP contribution in [0.1, 0.15) is 44.2 Å². The molecule has 6 heteroatoms. The van der Waals surface area contributed by atoms with E-state index < -0.39 is 0 Å². The smallest absolute Gasteiger partial charge is 0.225 e. The lowest BCUT2D eigenvalue weighted by Crippen LogP contribution is -2.42. The highest BCUT2D eigenvalue weighted by Crippen LogP contribution is 2.29. The minimum Gasteiger partial charge on any atom is -0.342 e. The highest BCUT2D eigenvalue weighted by Gasteiger charge is 2.29. The quantitative estimate of drug-likeness (QED) is 0.773. The summed E-state index contributed by atoms with van der Waals surface area (Å²) in [5, 5.41) is 5.41. The number of rotatable bonds is 4. The Kier molecular flexibility index (Phi) is 6.02. The molecule has 2 aromatic rings. The SMILES string of the molecule is O=C(C1CCN(Cc2csc(-c3cccs3)n2)CC1)N1CCCCCC1. The summed E-state index contributed by atoms with van der Waals surface area (Å²) >= 11 is 3.48. The molecular formula is C20H27N3OS2. The second-order valence-corrected chi connectivity index (χ2v) is 9.22. The van der Waals surface area contributed by atoms with E-state index in [9.17, 15) is 4.79 Å². The number of thiophene rings is 1. The van der Waals surface area contributed by atoms with Gasteiger partial charge in [-0.1, -0.05) is 18.9 Å². The molecule has 2 aromatic heterocycles. The molecule has 0 saturated carbocycles. The molecule has 0 spiro atoms. The van der Waals surface area contributed by atoms with Crippen molar-refractivity contribution in [1.82, 2.24) is 14.8 Å². The third kappa shape index (κ3) is 4.35. The van der Waals surface area contributed by atoms with Gasteiger partial charge < -0.3 is 4.90 Å². The minimum absolute atomic E-state index is 0.237. The second kappa shape index (κ2) is 8.63. The topological polar surface area (TPSA) is 36.4 Å². The lowest BCUT2D eigenvalue weighted by Gasteiger charge is -2.33. The molecule has 0 N–H and O–H groups in total. The number of aromatic nitrogens is 1. The largest absolute Gasteiger partial charge is 0.342 e. The van der Waals surface area contributed by atoms with E-state index in [1.807, 2.05) is 0 Å². The Morgan fingerprint density at radius 1 is 1.08 bits per heavy atom. The summed E-state index contributed by atoms with van der Waals surface area (Å²) in [6.07, 6.45) is 6.92. The minimum atomic E-state index is 0.237. The molecule has 2 aliphatic rings. The van der Waals surface area contributed by atoms with Crippen LogP contribution in [-0.2, 0) is 11.3 Å². The van der Waals surface area contributed by atoms with Gasteiger partial charge in [0.05, 0.1) is 10.6 Å². The van der Waals surface area contributed by atoms with Gasteiger partial charge in [0.25, 0.3) is 0 Å². The lowest BCUT2D eigenvalue weighted by atomic mass is 9.95. The third-order valence-corrected chi connectivity index (χ3v) is 7.45. The van der Waals surface area contributed by atoms with Crippen LogP contribution in [0.5, 0.6) is 0 Å². The van der Waals surface area contributed by atoms with Crippen LogP contribution in [0.3, 0.4) is 0 Å². The van der Waals surface area contributed by atoms with Crippen molar-refractivity contribution in [2.75, 3.05) is 26.2 Å². The summed E-state index contributed by atoms with van der Waals surface area (Å²) in [5.41, 5.74) is 1.16. The fourth-order valence-corrected chi connectivity index (χ4v) is 5.63. The van der Waals surface area contributed by atoms with Crippen molar-refractivity contribution in [2.45, 2.75) is 45.1 Å². The number of thiazole rings is 1. The van der Waals surface area contributed by atoms with Gasteiger partial charge >= 0.3 is 0 Å². The van der Waals surface area contributed by atoms with Gasteiger partial charge in [-0.05, 0) is 50.2 Å². The van der Waals surface area contributed by atoms with Gasteiger partial charge in [-0.2, -0.15) is 0 Å². The van der Waals surface area contributed by atoms with E-state index in [1.165, 1.54) is 30.6 Å². The Bertz CT molecular complexity index is 696. The van der Waals surface area contributed by atoms with E-state index in [2.05, 4.69) is 32.7 Å². The van der Waals surface area contributed by atoms with E-state index in [0.717, 1.165) is 56.3 Å². The predicted molar refractivity (Wildman–Crippen MR) is 108 cm³/mol. The molecule has 0 atom stereocenters. The summed E-state index contributed by atoms with van der Waals surface area (Å²) in [7, 11) is 0. The zero-order chi connectivity index (χ0) is 17.8. The first kappa shape index (κ1) is 18.1. The number of carbonyl (C=O) groups is 1. The van der Waals surface area contributed by atoms with Crippen LogP contribution < -0.4 is 0 Å². The van der Waals surface area contributed by atoms with Crippen LogP contribution in [-0.4, -0.2) is 46.9 Å². The van der Waals surface area contributed by atoms with Gasteiger partial charge in [-0.15, -0.1) is 22.7 Å². The molecule has 0 bridgehead atoms. The third-order valence-electron chi connectivity index (χ3n) is 5.52. The zero-order valence-electron chi connectivity index (χ0n) is 15.2. The van der Waals surface area contributed by atoms with Gasteiger partial charge in [0.2, 0.25) is 5.91 Å². The zero-order valence-corrected chi connectivity index (χ0v) is 16.9. The number of likely N-dealkylation sites (tertiary alicyclic amines) is 2. The predicted octanol–water partition coefficient (Wildman–Crippen LogP) is 4.49. The Morgan fingerprint density at radius 3 is 2.54 bits per heavy atom. The number of hydrogen-bond donors (Lipinski definition) is 0. The van der Waals surface area contributed by atoms with Crippen LogP contribution in [0.2, 0.25) is 0 Å². The van der Waals surface area contributed by atoms with Gasteiger partial charge in [-0.3, -0.25) is 9.69 Å². The van der Waals surface area contributed by atoms with Crippen LogP contribution in [0.15, 0.2) is 22.9 Å². The molecule has 26 heavy (non-hydrogen) atoms. The molecule has 4 heterocycles. The first-order valence-electron chi connectivity index (χ1n) is 9.79. The van der Waals surface area contributed by atoms with Gasteiger partial charge in [0, 0.05) is 30.9 Å². The van der Waals surface area contributed by atoms with Crippen LogP contribution in [0, 0.1) is 5.92 Å². The number of nitrogens with zero attached hydrogens (tertiary/aromatic N) is 3. The monoisotopic (exact) mass is 389 g/mol. The van der Waals surface area contributed by atoms with Crippen molar-refractivity contribution in [3.8, 4) is 9.88 Å². The molecule has 140 valence electrons. The van der Waals surface area contributed by atoms with Crippen LogP contribution in [0.4, 0.5) is 0 Å². The van der Waals surface area contributed by atoms with E-state index in [-0.39, 0.29) is 5.92 Å². The first-order valence-corrected chi connectivity index (χ1v) is 11.5. The van der Waals surface area contributed by atoms with Crippen molar-refractivity contribution in [3.63, 3.8) is 0 Å². The van der Waals surface area contributed by atoms with E-state index in [0.29, 0.717) is 5.91 Å². The average Bonchev–Trinajstić information content (AvgIpc) is 3.28. The summed E-state index contributed by atoms with van der Waals surface area (Å²) in [6.45, 7) is 4.88. The van der Waals surface area contributed by atoms with Crippen LogP contribution in [0.25, 0.3) is 9.88 Å². The molecule has 2 saturated heterocycles. The highest BCUT2D eigenvalue weighted by atomic mass is 32.1. The Labute approximate surface area is 163 Å². The molecule has 0 radical (unpaired) electrons. The molecule has 0 unspecified atom stereocenters. The molecule has 2 aliphatic heterocycles. The molecule has 2 fully saturated rings. The Balaban J connectivity index is 1.28. The van der Waals surface area contributed by atoms with Gasteiger partial charge in [0.15, 0.2) is 0 Å². The first-order chi connectivity index (χ1) is 12.8. The lowest BCUT2D eigenvalue weighted by molar-refractivity contribution is -0.137. The molecule has 1 amide bonds. The fraction of sp³-hybridized carbons (Fsp3) is 0.600.